The minimum Gasteiger partial charge on any atom is -0.419 e. The highest BCUT2D eigenvalue weighted by Crippen LogP contribution is 1.82. The fourth-order valence-electron chi connectivity index (χ4n) is 0.885. The van der Waals surface area contributed by atoms with Crippen LogP contribution in [0.15, 0.2) is 12.8 Å². The first kappa shape index (κ1) is 13.6. The maximum atomic E-state index is 11.2. The van der Waals surface area contributed by atoms with E-state index in [0.717, 1.165) is 19.4 Å². The number of carbonyl (C=O) groups excluding carboxylic acids is 2. The molecule has 6 heteroatoms. The largest absolute Gasteiger partial charge is 0.419 e. The van der Waals surface area contributed by atoms with Gasteiger partial charge in [-0.2, -0.15) is 0 Å². The number of imide groups is 1. The second-order valence-corrected chi connectivity index (χ2v) is 2.96. The van der Waals surface area contributed by atoms with Gasteiger partial charge in [0.1, 0.15) is 0 Å². The van der Waals surface area contributed by atoms with Crippen LogP contribution in [0.3, 0.4) is 0 Å². The Balaban J connectivity index is 3.72. The zero-order chi connectivity index (χ0) is 11.7. The van der Waals surface area contributed by atoms with Crippen LogP contribution in [0.4, 0.5) is 4.79 Å². The van der Waals surface area contributed by atoms with E-state index in [2.05, 4.69) is 21.9 Å². The molecule has 0 aromatic rings. The van der Waals surface area contributed by atoms with Crippen LogP contribution in [0.2, 0.25) is 0 Å². The molecule has 0 radical (unpaired) electrons. The first-order valence-electron chi connectivity index (χ1n) is 4.54. The van der Waals surface area contributed by atoms with Gasteiger partial charge in [0, 0.05) is 13.1 Å². The molecule has 15 heavy (non-hydrogen) atoms. The molecule has 0 heterocycles. The standard InChI is InChI=1S/C9H17N3O3/c1-4-15-9(14)11-8(13)7-12(3)6-5-10-2/h4,10H,1,5-7H2,2-3H3,(H,11,13,14). The summed E-state index contributed by atoms with van der Waals surface area (Å²) in [5, 5.41) is 5.01. The molecular weight excluding hydrogens is 198 g/mol. The Bertz CT molecular complexity index is 231. The Kier molecular flexibility index (Phi) is 7.21. The highest BCUT2D eigenvalue weighted by molar-refractivity contribution is 5.92. The van der Waals surface area contributed by atoms with Crippen molar-refractivity contribution >= 4 is 12.0 Å². The highest BCUT2D eigenvalue weighted by Gasteiger charge is 2.09. The Labute approximate surface area is 89.3 Å². The Morgan fingerprint density at radius 2 is 2.20 bits per heavy atom. The summed E-state index contributed by atoms with van der Waals surface area (Å²) in [6.45, 7) is 4.84. The monoisotopic (exact) mass is 215 g/mol. The summed E-state index contributed by atoms with van der Waals surface area (Å²) in [5.41, 5.74) is 0. The number of likely N-dealkylation sites (N-methyl/N-ethyl adjacent to an activating group) is 2. The van der Waals surface area contributed by atoms with Crippen LogP contribution in [0.25, 0.3) is 0 Å². The van der Waals surface area contributed by atoms with Gasteiger partial charge in [0.2, 0.25) is 5.91 Å². The molecule has 2 amide bonds. The second kappa shape index (κ2) is 7.95. The van der Waals surface area contributed by atoms with Gasteiger partial charge in [-0.1, -0.05) is 6.58 Å². The molecule has 0 spiro atoms. The molecule has 0 aromatic heterocycles. The van der Waals surface area contributed by atoms with Crippen molar-refractivity contribution in [3.8, 4) is 0 Å². The molecule has 0 aliphatic rings. The van der Waals surface area contributed by atoms with Crippen LogP contribution >= 0.6 is 0 Å². The third-order valence-electron chi connectivity index (χ3n) is 1.59. The van der Waals surface area contributed by atoms with Crippen molar-refractivity contribution in [1.29, 1.82) is 0 Å². The number of ether oxygens (including phenoxy) is 1. The predicted octanol–water partition coefficient (Wildman–Crippen LogP) is -0.466. The molecule has 86 valence electrons. The molecule has 0 fully saturated rings. The van der Waals surface area contributed by atoms with E-state index in [1.54, 1.807) is 11.9 Å². The minimum atomic E-state index is -0.808. The van der Waals surface area contributed by atoms with Gasteiger partial charge in [0.15, 0.2) is 0 Å². The van der Waals surface area contributed by atoms with Crippen molar-refractivity contribution in [2.24, 2.45) is 0 Å². The van der Waals surface area contributed by atoms with Crippen molar-refractivity contribution < 1.29 is 14.3 Å². The third-order valence-corrected chi connectivity index (χ3v) is 1.59. The molecule has 0 aliphatic heterocycles. The van der Waals surface area contributed by atoms with Crippen LogP contribution in [0, 0.1) is 0 Å². The SMILES string of the molecule is C=COC(=O)NC(=O)CN(C)CCNC. The lowest BCUT2D eigenvalue weighted by molar-refractivity contribution is -0.121. The van der Waals surface area contributed by atoms with E-state index in [1.807, 2.05) is 7.05 Å². The predicted molar refractivity (Wildman–Crippen MR) is 56.2 cm³/mol. The normalized spacial score (nSPS) is 9.80. The van der Waals surface area contributed by atoms with E-state index in [4.69, 9.17) is 0 Å². The average Bonchev–Trinajstić information content (AvgIpc) is 2.14. The van der Waals surface area contributed by atoms with Gasteiger partial charge in [0.05, 0.1) is 12.8 Å². The van der Waals surface area contributed by atoms with Crippen molar-refractivity contribution in [3.63, 3.8) is 0 Å². The number of nitrogens with zero attached hydrogens (tertiary/aromatic N) is 1. The quantitative estimate of drug-likeness (QED) is 0.586. The summed E-state index contributed by atoms with van der Waals surface area (Å²) in [7, 11) is 3.62. The van der Waals surface area contributed by atoms with Gasteiger partial charge >= 0.3 is 6.09 Å². The molecule has 0 atom stereocenters. The minimum absolute atomic E-state index is 0.147. The lowest BCUT2D eigenvalue weighted by Crippen LogP contribution is -2.40. The first-order chi connectivity index (χ1) is 7.10. The van der Waals surface area contributed by atoms with E-state index in [9.17, 15) is 9.59 Å². The fourth-order valence-corrected chi connectivity index (χ4v) is 0.885. The van der Waals surface area contributed by atoms with Gasteiger partial charge in [-0.25, -0.2) is 4.79 Å². The molecule has 0 aromatic carbocycles. The van der Waals surface area contributed by atoms with Gasteiger partial charge in [-0.15, -0.1) is 0 Å². The molecule has 0 aliphatic carbocycles. The highest BCUT2D eigenvalue weighted by atomic mass is 16.5. The first-order valence-corrected chi connectivity index (χ1v) is 4.54. The molecule has 6 nitrogen and oxygen atoms in total. The molecule has 0 saturated heterocycles. The smallest absolute Gasteiger partial charge is 0.418 e. The number of nitrogens with one attached hydrogen (secondary N) is 2. The van der Waals surface area contributed by atoms with E-state index in [1.165, 1.54) is 0 Å². The Hall–Kier alpha value is -1.40. The molecular formula is C9H17N3O3. The lowest BCUT2D eigenvalue weighted by atomic mass is 10.5. The van der Waals surface area contributed by atoms with E-state index in [0.29, 0.717) is 0 Å². The van der Waals surface area contributed by atoms with Gasteiger partial charge in [-0.3, -0.25) is 15.0 Å². The van der Waals surface area contributed by atoms with Gasteiger partial charge < -0.3 is 10.1 Å². The van der Waals surface area contributed by atoms with Crippen molar-refractivity contribution in [2.45, 2.75) is 0 Å². The number of amides is 2. The molecule has 0 unspecified atom stereocenters. The summed E-state index contributed by atoms with van der Waals surface area (Å²) >= 11 is 0. The summed E-state index contributed by atoms with van der Waals surface area (Å²) in [4.78, 5) is 23.8. The molecule has 0 bridgehead atoms. The zero-order valence-electron chi connectivity index (χ0n) is 9.08. The van der Waals surface area contributed by atoms with Crippen LogP contribution in [-0.4, -0.2) is 50.6 Å². The average molecular weight is 215 g/mol. The van der Waals surface area contributed by atoms with Crippen LogP contribution in [0.5, 0.6) is 0 Å². The van der Waals surface area contributed by atoms with Crippen molar-refractivity contribution in [1.82, 2.24) is 15.5 Å². The van der Waals surface area contributed by atoms with Crippen molar-refractivity contribution in [2.75, 3.05) is 33.7 Å². The van der Waals surface area contributed by atoms with Crippen molar-refractivity contribution in [3.05, 3.63) is 12.8 Å². The molecule has 0 saturated carbocycles. The van der Waals surface area contributed by atoms with Crippen LogP contribution in [0.1, 0.15) is 0 Å². The molecule has 0 rings (SSSR count). The zero-order valence-corrected chi connectivity index (χ0v) is 9.08. The summed E-state index contributed by atoms with van der Waals surface area (Å²) < 4.78 is 4.34. The third kappa shape index (κ3) is 7.65. The number of carbonyl (C=O) groups is 2. The number of alkyl carbamates (subject to hydrolysis) is 1. The Morgan fingerprint density at radius 3 is 2.73 bits per heavy atom. The summed E-state index contributed by atoms with van der Waals surface area (Å²) in [5.74, 6) is -0.402. The van der Waals surface area contributed by atoms with Gasteiger partial charge in [0.25, 0.3) is 0 Å². The van der Waals surface area contributed by atoms with E-state index in [-0.39, 0.29) is 6.54 Å². The Morgan fingerprint density at radius 1 is 1.53 bits per heavy atom. The van der Waals surface area contributed by atoms with E-state index >= 15 is 0 Å². The van der Waals surface area contributed by atoms with Crippen LogP contribution in [-0.2, 0) is 9.53 Å². The van der Waals surface area contributed by atoms with E-state index < -0.39 is 12.0 Å². The maximum absolute atomic E-state index is 11.2. The fraction of sp³-hybridized carbons (Fsp3) is 0.556. The number of rotatable bonds is 6. The van der Waals surface area contributed by atoms with Gasteiger partial charge in [-0.05, 0) is 14.1 Å². The summed E-state index contributed by atoms with van der Waals surface area (Å²) in [6, 6.07) is 0. The lowest BCUT2D eigenvalue weighted by Gasteiger charge is -2.14. The topological polar surface area (TPSA) is 70.7 Å². The number of hydrogen-bond acceptors (Lipinski definition) is 5. The second-order valence-electron chi connectivity index (χ2n) is 2.96. The van der Waals surface area contributed by atoms with Crippen LogP contribution < -0.4 is 10.6 Å². The maximum Gasteiger partial charge on any atom is 0.418 e. The molecule has 2 N–H and O–H groups in total. The summed E-state index contributed by atoms with van der Waals surface area (Å²) in [6.07, 6.45) is 0.157. The number of hydrogen-bond donors (Lipinski definition) is 2.